The predicted octanol–water partition coefficient (Wildman–Crippen LogP) is 12.6. The van der Waals surface area contributed by atoms with Crippen molar-refractivity contribution in [2.75, 3.05) is 0 Å². The molecule has 8 aromatic carbocycles. The van der Waals surface area contributed by atoms with E-state index in [1.807, 2.05) is 6.07 Å². The van der Waals surface area contributed by atoms with Crippen molar-refractivity contribution in [2.24, 2.45) is 0 Å². The Bertz CT molecular complexity index is 3200. The molecule has 0 N–H and O–H groups in total. The van der Waals surface area contributed by atoms with Crippen molar-refractivity contribution >= 4 is 76.3 Å². The summed E-state index contributed by atoms with van der Waals surface area (Å²) in [6, 6.07) is 57.5. The fourth-order valence-electron chi connectivity index (χ4n) is 8.84. The Balaban J connectivity index is 1.25. The van der Waals surface area contributed by atoms with Crippen LogP contribution < -0.4 is 0 Å². The third kappa shape index (κ3) is 3.22. The molecule has 0 bridgehead atoms. The molecular formula is C46H26N2O. The molecule has 0 radical (unpaired) electrons. The Labute approximate surface area is 280 Å². The van der Waals surface area contributed by atoms with Crippen molar-refractivity contribution in [1.82, 2.24) is 9.13 Å². The molecule has 12 rings (SSSR count). The van der Waals surface area contributed by atoms with Crippen LogP contribution in [0.2, 0.25) is 0 Å². The topological polar surface area (TPSA) is 23.0 Å². The van der Waals surface area contributed by atoms with Gasteiger partial charge in [-0.3, -0.25) is 0 Å². The third-order valence-electron chi connectivity index (χ3n) is 10.8. The van der Waals surface area contributed by atoms with E-state index in [4.69, 9.17) is 4.42 Å². The standard InChI is InChI=1S/C46H26N2O/c1-2-12-28(13-3-1)47-38-18-6-4-15-34(38)45-39(47)22-23-40-46(45)37-25-36-31-14-5-7-19-42(31)49-43(36)26-41(37)48(40)29-20-21-30-32-16-8-10-27-11-9-17-33(44(27)32)35(30)24-29/h1-26H. The zero-order valence-electron chi connectivity index (χ0n) is 26.3. The number of nitrogens with zero attached hydrogens (tertiary/aromatic N) is 2. The zero-order chi connectivity index (χ0) is 31.8. The highest BCUT2D eigenvalue weighted by Crippen LogP contribution is 2.49. The van der Waals surface area contributed by atoms with Crippen LogP contribution in [0, 0.1) is 0 Å². The van der Waals surface area contributed by atoms with Crippen LogP contribution in [-0.4, -0.2) is 9.13 Å². The minimum absolute atomic E-state index is 0.902. The molecule has 226 valence electrons. The van der Waals surface area contributed by atoms with Crippen LogP contribution in [0.25, 0.3) is 110 Å². The van der Waals surface area contributed by atoms with Gasteiger partial charge in [-0.1, -0.05) is 97.1 Å². The molecule has 11 aromatic rings. The molecule has 0 spiro atoms. The van der Waals surface area contributed by atoms with Gasteiger partial charge in [-0.05, 0) is 87.6 Å². The number of fused-ring (bicyclic) bond motifs is 13. The summed E-state index contributed by atoms with van der Waals surface area (Å²) in [4.78, 5) is 0. The molecule has 3 heteroatoms. The van der Waals surface area contributed by atoms with E-state index >= 15 is 0 Å². The van der Waals surface area contributed by atoms with Crippen LogP contribution in [0.15, 0.2) is 162 Å². The maximum absolute atomic E-state index is 6.50. The first-order valence-corrected chi connectivity index (χ1v) is 16.9. The molecule has 1 aliphatic rings. The van der Waals surface area contributed by atoms with E-state index in [2.05, 4.69) is 161 Å². The summed E-state index contributed by atoms with van der Waals surface area (Å²) >= 11 is 0. The van der Waals surface area contributed by atoms with Gasteiger partial charge in [0, 0.05) is 49.8 Å². The summed E-state index contributed by atoms with van der Waals surface area (Å²) in [6.07, 6.45) is 0. The first-order valence-electron chi connectivity index (χ1n) is 16.9. The minimum Gasteiger partial charge on any atom is -0.456 e. The summed E-state index contributed by atoms with van der Waals surface area (Å²) in [5, 5.41) is 9.92. The Morgan fingerprint density at radius 1 is 0.327 bits per heavy atom. The van der Waals surface area contributed by atoms with Crippen molar-refractivity contribution in [3.63, 3.8) is 0 Å². The number of aromatic nitrogens is 2. The first-order chi connectivity index (χ1) is 24.3. The van der Waals surface area contributed by atoms with E-state index < -0.39 is 0 Å². The van der Waals surface area contributed by atoms with E-state index in [1.165, 1.54) is 71.1 Å². The van der Waals surface area contributed by atoms with Gasteiger partial charge in [0.1, 0.15) is 11.2 Å². The van der Waals surface area contributed by atoms with Gasteiger partial charge in [-0.25, -0.2) is 0 Å². The van der Waals surface area contributed by atoms with Crippen molar-refractivity contribution in [2.45, 2.75) is 0 Å². The van der Waals surface area contributed by atoms with Gasteiger partial charge < -0.3 is 13.6 Å². The van der Waals surface area contributed by atoms with E-state index in [0.717, 1.165) is 38.8 Å². The summed E-state index contributed by atoms with van der Waals surface area (Å²) in [7, 11) is 0. The second kappa shape index (κ2) is 9.06. The molecule has 0 saturated carbocycles. The lowest BCUT2D eigenvalue weighted by molar-refractivity contribution is 0.669. The lowest BCUT2D eigenvalue weighted by Crippen LogP contribution is -1.95. The van der Waals surface area contributed by atoms with Crippen LogP contribution in [0.1, 0.15) is 0 Å². The fraction of sp³-hybridized carbons (Fsp3) is 0. The third-order valence-corrected chi connectivity index (χ3v) is 10.8. The number of rotatable bonds is 2. The van der Waals surface area contributed by atoms with E-state index in [0.29, 0.717) is 0 Å². The fourth-order valence-corrected chi connectivity index (χ4v) is 8.84. The number of benzene rings is 8. The minimum atomic E-state index is 0.902. The molecule has 0 unspecified atom stereocenters. The second-order valence-electron chi connectivity index (χ2n) is 13.3. The lowest BCUT2D eigenvalue weighted by Gasteiger charge is -2.11. The van der Waals surface area contributed by atoms with E-state index in [1.54, 1.807) is 0 Å². The summed E-state index contributed by atoms with van der Waals surface area (Å²) in [6.45, 7) is 0. The molecule has 1 aliphatic carbocycles. The average Bonchev–Trinajstić information content (AvgIpc) is 3.88. The van der Waals surface area contributed by atoms with Crippen LogP contribution in [0.4, 0.5) is 0 Å². The Morgan fingerprint density at radius 2 is 1.02 bits per heavy atom. The highest BCUT2D eigenvalue weighted by Gasteiger charge is 2.25. The Hall–Kier alpha value is -6.58. The van der Waals surface area contributed by atoms with Crippen molar-refractivity contribution in [1.29, 1.82) is 0 Å². The molecule has 0 fully saturated rings. The van der Waals surface area contributed by atoms with Crippen LogP contribution in [0.3, 0.4) is 0 Å². The molecule has 49 heavy (non-hydrogen) atoms. The number of hydrogen-bond acceptors (Lipinski definition) is 1. The Morgan fingerprint density at radius 3 is 1.86 bits per heavy atom. The summed E-state index contributed by atoms with van der Waals surface area (Å²) in [5.41, 5.74) is 14.0. The van der Waals surface area contributed by atoms with Crippen LogP contribution >= 0.6 is 0 Å². The monoisotopic (exact) mass is 622 g/mol. The predicted molar refractivity (Wildman–Crippen MR) is 204 cm³/mol. The SMILES string of the molecule is c1ccc(-n2c3ccccc3c3c4c5cc6c(cc5n(-c5ccc7c(c5)-c5cccc8cccc-7c58)c4ccc32)oc2ccccc26)cc1. The summed E-state index contributed by atoms with van der Waals surface area (Å²) in [5.74, 6) is 0. The van der Waals surface area contributed by atoms with Crippen LogP contribution in [0.5, 0.6) is 0 Å². The van der Waals surface area contributed by atoms with E-state index in [-0.39, 0.29) is 0 Å². The highest BCUT2D eigenvalue weighted by atomic mass is 16.3. The van der Waals surface area contributed by atoms with Gasteiger partial charge >= 0.3 is 0 Å². The van der Waals surface area contributed by atoms with Gasteiger partial charge in [-0.2, -0.15) is 0 Å². The average molecular weight is 623 g/mol. The van der Waals surface area contributed by atoms with Crippen molar-refractivity contribution < 1.29 is 4.42 Å². The summed E-state index contributed by atoms with van der Waals surface area (Å²) < 4.78 is 11.4. The molecule has 3 aromatic heterocycles. The molecule has 0 aliphatic heterocycles. The number of hydrogen-bond donors (Lipinski definition) is 0. The first kappa shape index (κ1) is 25.5. The maximum atomic E-state index is 6.50. The molecular weight excluding hydrogens is 597 g/mol. The molecule has 0 atom stereocenters. The normalized spacial score (nSPS) is 12.5. The lowest BCUT2D eigenvalue weighted by atomic mass is 10.0. The maximum Gasteiger partial charge on any atom is 0.137 e. The highest BCUT2D eigenvalue weighted by molar-refractivity contribution is 6.30. The van der Waals surface area contributed by atoms with Gasteiger partial charge in [0.25, 0.3) is 0 Å². The second-order valence-corrected chi connectivity index (χ2v) is 13.3. The molecule has 0 amide bonds. The number of para-hydroxylation sites is 3. The van der Waals surface area contributed by atoms with Crippen molar-refractivity contribution in [3.8, 4) is 33.6 Å². The van der Waals surface area contributed by atoms with Gasteiger partial charge in [-0.15, -0.1) is 0 Å². The van der Waals surface area contributed by atoms with Gasteiger partial charge in [0.15, 0.2) is 0 Å². The van der Waals surface area contributed by atoms with Crippen molar-refractivity contribution in [3.05, 3.63) is 158 Å². The van der Waals surface area contributed by atoms with Crippen LogP contribution in [-0.2, 0) is 0 Å². The largest absolute Gasteiger partial charge is 0.456 e. The van der Waals surface area contributed by atoms with Gasteiger partial charge in [0.05, 0.1) is 22.1 Å². The molecule has 0 saturated heterocycles. The molecule has 3 heterocycles. The smallest absolute Gasteiger partial charge is 0.137 e. The molecule has 3 nitrogen and oxygen atoms in total. The Kier molecular flexibility index (Phi) is 4.72. The van der Waals surface area contributed by atoms with E-state index in [9.17, 15) is 0 Å². The quantitative estimate of drug-likeness (QED) is 0.188. The van der Waals surface area contributed by atoms with Gasteiger partial charge in [0.2, 0.25) is 0 Å². The number of furan rings is 1. The zero-order valence-corrected chi connectivity index (χ0v) is 26.3.